The van der Waals surface area contributed by atoms with E-state index in [2.05, 4.69) is 59.1 Å². The van der Waals surface area contributed by atoms with Crippen molar-refractivity contribution in [3.05, 3.63) is 34.3 Å². The van der Waals surface area contributed by atoms with Gasteiger partial charge in [0, 0.05) is 17.6 Å². The number of benzene rings is 1. The van der Waals surface area contributed by atoms with Crippen LogP contribution in [0.25, 0.3) is 0 Å². The van der Waals surface area contributed by atoms with E-state index in [1.807, 2.05) is 0 Å². The highest BCUT2D eigenvalue weighted by Gasteiger charge is 2.32. The maximum atomic E-state index is 5.90. The highest BCUT2D eigenvalue weighted by Crippen LogP contribution is 2.29. The van der Waals surface area contributed by atoms with Crippen molar-refractivity contribution in [2.75, 3.05) is 26.7 Å². The van der Waals surface area contributed by atoms with Gasteiger partial charge in [0.2, 0.25) is 0 Å². The summed E-state index contributed by atoms with van der Waals surface area (Å²) in [7, 11) is 2.14. The molecule has 0 saturated carbocycles. The molecule has 1 heterocycles. The topological polar surface area (TPSA) is 12.5 Å². The molecule has 1 aliphatic heterocycles. The third-order valence-electron chi connectivity index (χ3n) is 2.92. The Bertz CT molecular complexity index is 338. The molecule has 1 saturated heterocycles. The van der Waals surface area contributed by atoms with Crippen LogP contribution < -0.4 is 0 Å². The van der Waals surface area contributed by atoms with E-state index in [1.54, 1.807) is 0 Å². The summed E-state index contributed by atoms with van der Waals surface area (Å²) in [6.07, 6.45) is 0. The molecular weight excluding hydrogens is 254 g/mol. The molecule has 0 aliphatic carbocycles. The molecule has 1 atom stereocenters. The summed E-state index contributed by atoms with van der Waals surface area (Å²) in [5, 5.41) is 0. The number of rotatable bonds is 1. The maximum Gasteiger partial charge on any atom is 0.103 e. The van der Waals surface area contributed by atoms with Crippen LogP contribution in [0.5, 0.6) is 0 Å². The van der Waals surface area contributed by atoms with Crippen LogP contribution in [0, 0.1) is 0 Å². The summed E-state index contributed by atoms with van der Waals surface area (Å²) >= 11 is 3.45. The zero-order chi connectivity index (χ0) is 10.9. The fraction of sp³-hybridized carbons (Fsp3) is 0.500. The number of likely N-dealkylation sites (N-methyl/N-ethyl adjacent to an activating group) is 1. The average molecular weight is 270 g/mol. The Morgan fingerprint density at radius 2 is 2.00 bits per heavy atom. The van der Waals surface area contributed by atoms with E-state index in [9.17, 15) is 0 Å². The third-order valence-corrected chi connectivity index (χ3v) is 3.45. The summed E-state index contributed by atoms with van der Waals surface area (Å²) in [6, 6.07) is 8.39. The molecule has 1 fully saturated rings. The molecule has 0 amide bonds. The molecule has 0 unspecified atom stereocenters. The van der Waals surface area contributed by atoms with Crippen LogP contribution in [0.15, 0.2) is 28.7 Å². The minimum atomic E-state index is -0.159. The highest BCUT2D eigenvalue weighted by atomic mass is 79.9. The molecule has 3 heteroatoms. The van der Waals surface area contributed by atoms with Crippen molar-refractivity contribution < 1.29 is 4.74 Å². The molecule has 0 bridgehead atoms. The number of ether oxygens (including phenoxy) is 1. The van der Waals surface area contributed by atoms with Gasteiger partial charge in [0.05, 0.1) is 6.61 Å². The molecule has 0 N–H and O–H groups in total. The summed E-state index contributed by atoms with van der Waals surface area (Å²) in [6.45, 7) is 4.94. The minimum Gasteiger partial charge on any atom is -0.368 e. The van der Waals surface area contributed by atoms with E-state index in [-0.39, 0.29) is 5.60 Å². The SMILES string of the molecule is CN1CCO[C@](C)(c2ccc(Br)cc2)C1. The normalized spacial score (nSPS) is 27.9. The number of halogens is 1. The first kappa shape index (κ1) is 11.1. The van der Waals surface area contributed by atoms with Crippen LogP contribution in [0.3, 0.4) is 0 Å². The van der Waals surface area contributed by atoms with Gasteiger partial charge in [-0.25, -0.2) is 0 Å². The van der Waals surface area contributed by atoms with Crippen molar-refractivity contribution in [1.29, 1.82) is 0 Å². The van der Waals surface area contributed by atoms with Gasteiger partial charge >= 0.3 is 0 Å². The van der Waals surface area contributed by atoms with E-state index in [4.69, 9.17) is 4.74 Å². The second-order valence-corrected chi connectivity index (χ2v) is 5.24. The fourth-order valence-corrected chi connectivity index (χ4v) is 2.31. The molecular formula is C12H16BrNO. The Morgan fingerprint density at radius 1 is 1.33 bits per heavy atom. The Morgan fingerprint density at radius 3 is 2.60 bits per heavy atom. The molecule has 1 aromatic rings. The number of hydrogen-bond donors (Lipinski definition) is 0. The number of hydrogen-bond acceptors (Lipinski definition) is 2. The molecule has 0 aromatic heterocycles. The summed E-state index contributed by atoms with van der Waals surface area (Å²) < 4.78 is 7.01. The Labute approximate surface area is 99.4 Å². The van der Waals surface area contributed by atoms with Crippen molar-refractivity contribution in [2.24, 2.45) is 0 Å². The Hall–Kier alpha value is -0.380. The quantitative estimate of drug-likeness (QED) is 0.777. The molecule has 2 nitrogen and oxygen atoms in total. The van der Waals surface area contributed by atoms with Crippen LogP contribution >= 0.6 is 15.9 Å². The summed E-state index contributed by atoms with van der Waals surface area (Å²) in [4.78, 5) is 2.31. The summed E-state index contributed by atoms with van der Waals surface area (Å²) in [5.41, 5.74) is 1.09. The van der Waals surface area contributed by atoms with Crippen molar-refractivity contribution in [2.45, 2.75) is 12.5 Å². The molecule has 2 rings (SSSR count). The van der Waals surface area contributed by atoms with Gasteiger partial charge in [-0.3, -0.25) is 0 Å². The highest BCUT2D eigenvalue weighted by molar-refractivity contribution is 9.10. The van der Waals surface area contributed by atoms with E-state index >= 15 is 0 Å². The van der Waals surface area contributed by atoms with Crippen LogP contribution in [0.1, 0.15) is 12.5 Å². The van der Waals surface area contributed by atoms with Gasteiger partial charge in [-0.1, -0.05) is 28.1 Å². The lowest BCUT2D eigenvalue weighted by Gasteiger charge is -2.39. The van der Waals surface area contributed by atoms with E-state index in [0.717, 1.165) is 24.2 Å². The number of nitrogens with zero attached hydrogens (tertiary/aromatic N) is 1. The van der Waals surface area contributed by atoms with Crippen LogP contribution in [0.2, 0.25) is 0 Å². The molecule has 15 heavy (non-hydrogen) atoms. The second-order valence-electron chi connectivity index (χ2n) is 4.32. The zero-order valence-electron chi connectivity index (χ0n) is 9.16. The van der Waals surface area contributed by atoms with Gasteiger partial charge in [0.1, 0.15) is 5.60 Å². The van der Waals surface area contributed by atoms with Gasteiger partial charge in [-0.15, -0.1) is 0 Å². The molecule has 0 spiro atoms. The first-order valence-corrected chi connectivity index (χ1v) is 5.98. The maximum absolute atomic E-state index is 5.90. The zero-order valence-corrected chi connectivity index (χ0v) is 10.8. The van der Waals surface area contributed by atoms with Gasteiger partial charge < -0.3 is 9.64 Å². The molecule has 82 valence electrons. The lowest BCUT2D eigenvalue weighted by Crippen LogP contribution is -2.46. The van der Waals surface area contributed by atoms with Crippen molar-refractivity contribution >= 4 is 15.9 Å². The van der Waals surface area contributed by atoms with Crippen LogP contribution in [-0.2, 0) is 10.3 Å². The standard InChI is InChI=1S/C12H16BrNO/c1-12(9-14(2)7-8-15-12)10-3-5-11(13)6-4-10/h3-6H,7-9H2,1-2H3/t12-/m0/s1. The van der Waals surface area contributed by atoms with Crippen LogP contribution in [-0.4, -0.2) is 31.6 Å². The molecule has 0 radical (unpaired) electrons. The first-order chi connectivity index (χ1) is 7.10. The van der Waals surface area contributed by atoms with Crippen LogP contribution in [0.4, 0.5) is 0 Å². The lowest BCUT2D eigenvalue weighted by atomic mass is 9.94. The average Bonchev–Trinajstić information content (AvgIpc) is 2.18. The largest absolute Gasteiger partial charge is 0.368 e. The smallest absolute Gasteiger partial charge is 0.103 e. The Kier molecular flexibility index (Phi) is 3.14. The van der Waals surface area contributed by atoms with E-state index < -0.39 is 0 Å². The van der Waals surface area contributed by atoms with Gasteiger partial charge in [-0.2, -0.15) is 0 Å². The predicted molar refractivity (Wildman–Crippen MR) is 64.9 cm³/mol. The molecule has 1 aromatic carbocycles. The van der Waals surface area contributed by atoms with Gasteiger partial charge in [0.25, 0.3) is 0 Å². The van der Waals surface area contributed by atoms with Crippen molar-refractivity contribution in [1.82, 2.24) is 4.90 Å². The fourth-order valence-electron chi connectivity index (χ4n) is 2.04. The molecule has 1 aliphatic rings. The van der Waals surface area contributed by atoms with Gasteiger partial charge in [-0.05, 0) is 31.7 Å². The van der Waals surface area contributed by atoms with Gasteiger partial charge in [0.15, 0.2) is 0 Å². The Balaban J connectivity index is 2.24. The lowest BCUT2D eigenvalue weighted by molar-refractivity contribution is -0.0963. The monoisotopic (exact) mass is 269 g/mol. The third kappa shape index (κ3) is 2.41. The van der Waals surface area contributed by atoms with E-state index in [0.29, 0.717) is 0 Å². The minimum absolute atomic E-state index is 0.159. The van der Waals surface area contributed by atoms with E-state index in [1.165, 1.54) is 5.56 Å². The summed E-state index contributed by atoms with van der Waals surface area (Å²) in [5.74, 6) is 0. The number of morpholine rings is 1. The van der Waals surface area contributed by atoms with Crippen molar-refractivity contribution in [3.63, 3.8) is 0 Å². The second kappa shape index (κ2) is 4.24. The first-order valence-electron chi connectivity index (χ1n) is 5.19. The predicted octanol–water partition coefficient (Wildman–Crippen LogP) is 2.63. The van der Waals surface area contributed by atoms with Crippen molar-refractivity contribution in [3.8, 4) is 0 Å².